The first-order chi connectivity index (χ1) is 13.7. The molecule has 3 heterocycles. The number of amides is 1. The Morgan fingerprint density at radius 2 is 1.89 bits per heavy atom. The van der Waals surface area contributed by atoms with E-state index in [1.54, 1.807) is 6.20 Å². The fourth-order valence-corrected chi connectivity index (χ4v) is 3.89. The van der Waals surface area contributed by atoms with E-state index >= 15 is 0 Å². The van der Waals surface area contributed by atoms with Crippen molar-refractivity contribution in [2.24, 2.45) is 0 Å². The lowest BCUT2D eigenvalue weighted by molar-refractivity contribution is 0.0853. The number of hydrogen-bond acceptors (Lipinski definition) is 5. The summed E-state index contributed by atoms with van der Waals surface area (Å²) in [5.41, 5.74) is 4.09. The van der Waals surface area contributed by atoms with Crippen molar-refractivity contribution in [2.75, 3.05) is 49.1 Å². The molecule has 6 heteroatoms. The molecular weight excluding hydrogens is 352 g/mol. The lowest BCUT2D eigenvalue weighted by Gasteiger charge is -2.37. The molecule has 2 aromatic rings. The molecular formula is C22H28N4O2. The van der Waals surface area contributed by atoms with Crippen LogP contribution >= 0.6 is 0 Å². The molecule has 1 N–H and O–H groups in total. The normalized spacial score (nSPS) is 19.7. The Kier molecular flexibility index (Phi) is 5.76. The molecule has 6 nitrogen and oxygen atoms in total. The Bertz CT molecular complexity index is 812. The lowest BCUT2D eigenvalue weighted by atomic mass is 10.2. The maximum atomic E-state index is 12.4. The summed E-state index contributed by atoms with van der Waals surface area (Å²) in [7, 11) is 0. The molecule has 0 spiro atoms. The second kappa shape index (κ2) is 8.61. The van der Waals surface area contributed by atoms with Gasteiger partial charge in [0.2, 0.25) is 0 Å². The first kappa shape index (κ1) is 18.7. The van der Waals surface area contributed by atoms with E-state index in [9.17, 15) is 4.79 Å². The summed E-state index contributed by atoms with van der Waals surface area (Å²) in [5.74, 6) is -0.129. The number of carbonyl (C=O) groups excluding carboxylic acids is 1. The second-order valence-electron chi connectivity index (χ2n) is 7.56. The maximum Gasteiger partial charge on any atom is 0.270 e. The molecule has 1 unspecified atom stereocenters. The molecule has 1 atom stereocenters. The van der Waals surface area contributed by atoms with Crippen molar-refractivity contribution < 1.29 is 9.53 Å². The number of piperazine rings is 1. The summed E-state index contributed by atoms with van der Waals surface area (Å²) >= 11 is 0. The van der Waals surface area contributed by atoms with Crippen molar-refractivity contribution in [3.63, 3.8) is 0 Å². The van der Waals surface area contributed by atoms with Gasteiger partial charge in [0.15, 0.2) is 0 Å². The summed E-state index contributed by atoms with van der Waals surface area (Å²) in [5, 5.41) is 2.95. The number of ether oxygens (including phenoxy) is 1. The Hall–Kier alpha value is -2.60. The van der Waals surface area contributed by atoms with Crippen molar-refractivity contribution in [3.8, 4) is 0 Å². The number of benzene rings is 1. The van der Waals surface area contributed by atoms with E-state index < -0.39 is 0 Å². The number of nitrogens with one attached hydrogen (secondary N) is 1. The predicted octanol–water partition coefficient (Wildman–Crippen LogP) is 2.63. The summed E-state index contributed by atoms with van der Waals surface area (Å²) < 4.78 is 5.56. The van der Waals surface area contributed by atoms with E-state index in [-0.39, 0.29) is 12.0 Å². The Labute approximate surface area is 166 Å². The molecule has 0 radical (unpaired) electrons. The average Bonchev–Trinajstić information content (AvgIpc) is 3.26. The molecule has 2 saturated heterocycles. The van der Waals surface area contributed by atoms with Gasteiger partial charge in [0.05, 0.1) is 6.10 Å². The maximum absolute atomic E-state index is 12.4. The number of nitrogens with zero attached hydrogens (tertiary/aromatic N) is 3. The number of rotatable bonds is 5. The van der Waals surface area contributed by atoms with Crippen LogP contribution in [0, 0.1) is 6.92 Å². The Balaban J connectivity index is 1.35. The van der Waals surface area contributed by atoms with Gasteiger partial charge in [-0.05, 0) is 49.6 Å². The van der Waals surface area contributed by atoms with Gasteiger partial charge in [0, 0.05) is 56.9 Å². The number of pyridine rings is 1. The zero-order chi connectivity index (χ0) is 19.3. The topological polar surface area (TPSA) is 57.7 Å². The van der Waals surface area contributed by atoms with Crippen molar-refractivity contribution >= 4 is 17.3 Å². The van der Waals surface area contributed by atoms with Gasteiger partial charge < -0.3 is 19.9 Å². The number of aromatic nitrogens is 1. The van der Waals surface area contributed by atoms with Crippen LogP contribution in [0.5, 0.6) is 0 Å². The van der Waals surface area contributed by atoms with Crippen LogP contribution in [0.1, 0.15) is 28.9 Å². The first-order valence-corrected chi connectivity index (χ1v) is 10.1. The third kappa shape index (κ3) is 4.44. The van der Waals surface area contributed by atoms with Gasteiger partial charge in [0.1, 0.15) is 5.69 Å². The molecule has 2 fully saturated rings. The molecule has 1 aromatic carbocycles. The summed E-state index contributed by atoms with van der Waals surface area (Å²) in [6, 6.07) is 12.5. The van der Waals surface area contributed by atoms with E-state index in [0.717, 1.165) is 51.3 Å². The van der Waals surface area contributed by atoms with E-state index in [1.807, 2.05) is 12.1 Å². The molecule has 4 rings (SSSR count). The van der Waals surface area contributed by atoms with Crippen LogP contribution in [0.4, 0.5) is 11.4 Å². The fourth-order valence-electron chi connectivity index (χ4n) is 3.89. The minimum Gasteiger partial charge on any atom is -0.376 e. The van der Waals surface area contributed by atoms with Gasteiger partial charge in [-0.3, -0.25) is 9.78 Å². The van der Waals surface area contributed by atoms with Crippen LogP contribution in [0.3, 0.4) is 0 Å². The van der Waals surface area contributed by atoms with Crippen LogP contribution in [-0.4, -0.2) is 56.3 Å². The van der Waals surface area contributed by atoms with Crippen molar-refractivity contribution in [3.05, 3.63) is 53.9 Å². The smallest absolute Gasteiger partial charge is 0.270 e. The van der Waals surface area contributed by atoms with Crippen LogP contribution < -0.4 is 15.1 Å². The highest BCUT2D eigenvalue weighted by molar-refractivity contribution is 5.93. The van der Waals surface area contributed by atoms with E-state index in [0.29, 0.717) is 12.2 Å². The zero-order valence-electron chi connectivity index (χ0n) is 16.4. The molecule has 2 aliphatic heterocycles. The Morgan fingerprint density at radius 3 is 2.57 bits per heavy atom. The quantitative estimate of drug-likeness (QED) is 0.864. The number of carbonyl (C=O) groups is 1. The van der Waals surface area contributed by atoms with Crippen molar-refractivity contribution in [1.29, 1.82) is 0 Å². The number of hydrogen-bond donors (Lipinski definition) is 1. The van der Waals surface area contributed by atoms with Crippen LogP contribution in [0.25, 0.3) is 0 Å². The summed E-state index contributed by atoms with van der Waals surface area (Å²) in [4.78, 5) is 21.5. The molecule has 0 saturated carbocycles. The van der Waals surface area contributed by atoms with Crippen molar-refractivity contribution in [1.82, 2.24) is 10.3 Å². The number of anilines is 2. The second-order valence-corrected chi connectivity index (χ2v) is 7.56. The molecule has 0 aliphatic carbocycles. The van der Waals surface area contributed by atoms with Gasteiger partial charge in [-0.1, -0.05) is 12.1 Å². The molecule has 2 aliphatic rings. The van der Waals surface area contributed by atoms with Gasteiger partial charge in [-0.15, -0.1) is 0 Å². The highest BCUT2D eigenvalue weighted by atomic mass is 16.5. The molecule has 1 aromatic heterocycles. The van der Waals surface area contributed by atoms with Crippen LogP contribution in [0.2, 0.25) is 0 Å². The van der Waals surface area contributed by atoms with Crippen LogP contribution in [0.15, 0.2) is 42.6 Å². The number of aryl methyl sites for hydroxylation is 1. The molecule has 28 heavy (non-hydrogen) atoms. The summed E-state index contributed by atoms with van der Waals surface area (Å²) in [6.45, 7) is 7.26. The average molecular weight is 380 g/mol. The molecule has 0 bridgehead atoms. The molecule has 1 amide bonds. The standard InChI is InChI=1S/C22H28N4O2/c1-17-4-2-5-18(14-17)25-9-11-26(12-10-25)19-7-8-23-21(15-19)22(27)24-16-20-6-3-13-28-20/h2,4-5,7-8,14-15,20H,3,6,9-13,16H2,1H3,(H,24,27). The van der Waals surface area contributed by atoms with Crippen LogP contribution in [-0.2, 0) is 4.74 Å². The SMILES string of the molecule is Cc1cccc(N2CCN(c3ccnc(C(=O)NCC4CCCO4)c3)CC2)c1. The van der Waals surface area contributed by atoms with Crippen molar-refractivity contribution in [2.45, 2.75) is 25.9 Å². The van der Waals surface area contributed by atoms with Gasteiger partial charge in [0.25, 0.3) is 5.91 Å². The third-order valence-corrected chi connectivity index (χ3v) is 5.50. The lowest BCUT2D eigenvalue weighted by Crippen LogP contribution is -2.46. The first-order valence-electron chi connectivity index (χ1n) is 10.1. The predicted molar refractivity (Wildman–Crippen MR) is 111 cm³/mol. The van der Waals surface area contributed by atoms with Gasteiger partial charge >= 0.3 is 0 Å². The monoisotopic (exact) mass is 380 g/mol. The third-order valence-electron chi connectivity index (χ3n) is 5.50. The minimum atomic E-state index is -0.129. The highest BCUT2D eigenvalue weighted by Crippen LogP contribution is 2.21. The highest BCUT2D eigenvalue weighted by Gasteiger charge is 2.20. The van der Waals surface area contributed by atoms with E-state index in [1.165, 1.54) is 11.3 Å². The van der Waals surface area contributed by atoms with E-state index in [2.05, 4.69) is 51.3 Å². The fraction of sp³-hybridized carbons (Fsp3) is 0.455. The van der Waals surface area contributed by atoms with Gasteiger partial charge in [-0.25, -0.2) is 0 Å². The van der Waals surface area contributed by atoms with E-state index in [4.69, 9.17) is 4.74 Å². The van der Waals surface area contributed by atoms with Gasteiger partial charge in [-0.2, -0.15) is 0 Å². The Morgan fingerprint density at radius 1 is 1.14 bits per heavy atom. The summed E-state index contributed by atoms with van der Waals surface area (Å²) in [6.07, 6.45) is 3.95. The molecule has 148 valence electrons. The largest absolute Gasteiger partial charge is 0.376 e. The zero-order valence-corrected chi connectivity index (χ0v) is 16.4. The minimum absolute atomic E-state index is 0.129.